The van der Waals surface area contributed by atoms with Crippen LogP contribution in [-0.4, -0.2) is 14.8 Å². The summed E-state index contributed by atoms with van der Waals surface area (Å²) >= 11 is 6.98. The van der Waals surface area contributed by atoms with E-state index in [2.05, 4.69) is 55.8 Å². The molecule has 0 radical (unpaired) electrons. The molecule has 1 aromatic heterocycles. The summed E-state index contributed by atoms with van der Waals surface area (Å²) in [5, 5.41) is 4.95. The molecule has 1 aromatic carbocycles. The third-order valence-corrected chi connectivity index (χ3v) is 3.90. The van der Waals surface area contributed by atoms with E-state index in [4.69, 9.17) is 4.74 Å². The van der Waals surface area contributed by atoms with Gasteiger partial charge >= 0.3 is 0 Å². The molecule has 19 heavy (non-hydrogen) atoms. The van der Waals surface area contributed by atoms with Crippen LogP contribution in [0.1, 0.15) is 31.3 Å². The van der Waals surface area contributed by atoms with E-state index in [-0.39, 0.29) is 6.04 Å². The lowest BCUT2D eigenvalue weighted by Gasteiger charge is -2.13. The molecule has 0 spiro atoms. The van der Waals surface area contributed by atoms with E-state index in [1.807, 2.05) is 22.9 Å². The normalized spacial score (nSPS) is 11.0. The van der Waals surface area contributed by atoms with Crippen molar-refractivity contribution in [3.8, 4) is 5.75 Å². The maximum atomic E-state index is 5.89. The molecule has 2 aromatic rings. The van der Waals surface area contributed by atoms with E-state index in [0.29, 0.717) is 6.61 Å². The van der Waals surface area contributed by atoms with Crippen molar-refractivity contribution in [2.45, 2.75) is 31.8 Å². The Morgan fingerprint density at radius 1 is 1.37 bits per heavy atom. The highest BCUT2D eigenvalue weighted by molar-refractivity contribution is 9.10. The molecular formula is C13H15Br2N3O. The zero-order valence-electron chi connectivity index (χ0n) is 10.8. The summed E-state index contributed by atoms with van der Waals surface area (Å²) in [6, 6.07) is 6.26. The van der Waals surface area contributed by atoms with E-state index < -0.39 is 0 Å². The number of para-hydroxylation sites is 1. The molecule has 1 heterocycles. The van der Waals surface area contributed by atoms with Crippen molar-refractivity contribution in [1.82, 2.24) is 14.8 Å². The highest BCUT2D eigenvalue weighted by atomic mass is 79.9. The summed E-state index contributed by atoms with van der Waals surface area (Å²) in [5.74, 6) is 1.67. The zero-order valence-corrected chi connectivity index (χ0v) is 14.0. The van der Waals surface area contributed by atoms with E-state index in [0.717, 1.165) is 26.9 Å². The average molecular weight is 389 g/mol. The van der Waals surface area contributed by atoms with Gasteiger partial charge < -0.3 is 4.74 Å². The summed E-state index contributed by atoms with van der Waals surface area (Å²) in [4.78, 5) is 4.24. The van der Waals surface area contributed by atoms with E-state index in [9.17, 15) is 0 Å². The van der Waals surface area contributed by atoms with Gasteiger partial charge in [-0.05, 0) is 35.8 Å². The fourth-order valence-corrected chi connectivity index (χ4v) is 2.73. The van der Waals surface area contributed by atoms with Gasteiger partial charge in [0.05, 0.1) is 4.47 Å². The Hall–Kier alpha value is -0.880. The van der Waals surface area contributed by atoms with Crippen molar-refractivity contribution in [3.05, 3.63) is 40.4 Å². The van der Waals surface area contributed by atoms with E-state index in [1.165, 1.54) is 0 Å². The van der Waals surface area contributed by atoms with Gasteiger partial charge in [-0.3, -0.25) is 0 Å². The standard InChI is InChI=1S/C13H15Br2N3O/c1-9(2)18-12(16-8-17-18)7-19-13-10(6-14)4-3-5-11(13)15/h3-5,8-9H,6-7H2,1-2H3. The van der Waals surface area contributed by atoms with Crippen LogP contribution >= 0.6 is 31.9 Å². The summed E-state index contributed by atoms with van der Waals surface area (Å²) in [7, 11) is 0. The van der Waals surface area contributed by atoms with Gasteiger partial charge in [0, 0.05) is 16.9 Å². The predicted octanol–water partition coefficient (Wildman–Crippen LogP) is 4.10. The van der Waals surface area contributed by atoms with Crippen molar-refractivity contribution in [1.29, 1.82) is 0 Å². The van der Waals surface area contributed by atoms with Gasteiger partial charge in [-0.2, -0.15) is 5.10 Å². The number of benzene rings is 1. The molecule has 6 heteroatoms. The van der Waals surface area contributed by atoms with Crippen molar-refractivity contribution in [2.24, 2.45) is 0 Å². The Bertz CT molecular complexity index is 555. The summed E-state index contributed by atoms with van der Waals surface area (Å²) in [5.41, 5.74) is 1.10. The molecule has 0 fully saturated rings. The van der Waals surface area contributed by atoms with Crippen LogP contribution in [-0.2, 0) is 11.9 Å². The number of halogens is 2. The van der Waals surface area contributed by atoms with Crippen molar-refractivity contribution < 1.29 is 4.74 Å². The fourth-order valence-electron chi connectivity index (χ4n) is 1.77. The van der Waals surface area contributed by atoms with Crippen molar-refractivity contribution in [2.75, 3.05) is 0 Å². The molecule has 4 nitrogen and oxygen atoms in total. The summed E-state index contributed by atoms with van der Waals surface area (Å²) in [6.45, 7) is 4.54. The van der Waals surface area contributed by atoms with Gasteiger partial charge in [0.15, 0.2) is 5.82 Å². The maximum absolute atomic E-state index is 5.89. The molecule has 0 aliphatic rings. The summed E-state index contributed by atoms with van der Waals surface area (Å²) in [6.07, 6.45) is 1.56. The number of hydrogen-bond donors (Lipinski definition) is 0. The highest BCUT2D eigenvalue weighted by Crippen LogP contribution is 2.31. The minimum Gasteiger partial charge on any atom is -0.484 e. The lowest BCUT2D eigenvalue weighted by atomic mass is 10.2. The van der Waals surface area contributed by atoms with Crippen LogP contribution < -0.4 is 4.74 Å². The molecule has 0 aliphatic carbocycles. The second kappa shape index (κ2) is 6.52. The number of hydrogen-bond acceptors (Lipinski definition) is 3. The van der Waals surface area contributed by atoms with Crippen LogP contribution in [0.5, 0.6) is 5.75 Å². The predicted molar refractivity (Wildman–Crippen MR) is 81.5 cm³/mol. The quantitative estimate of drug-likeness (QED) is 0.724. The Morgan fingerprint density at radius 3 is 2.84 bits per heavy atom. The van der Waals surface area contributed by atoms with E-state index >= 15 is 0 Å². The van der Waals surface area contributed by atoms with Crippen LogP contribution in [0, 0.1) is 0 Å². The number of alkyl halides is 1. The molecule has 0 saturated heterocycles. The number of aromatic nitrogens is 3. The molecule has 2 rings (SSSR count). The van der Waals surface area contributed by atoms with Gasteiger partial charge in [0.1, 0.15) is 18.7 Å². The van der Waals surface area contributed by atoms with Gasteiger partial charge in [-0.25, -0.2) is 9.67 Å². The lowest BCUT2D eigenvalue weighted by molar-refractivity contribution is 0.279. The number of nitrogens with zero attached hydrogens (tertiary/aromatic N) is 3. The Balaban J connectivity index is 2.17. The third kappa shape index (κ3) is 3.36. The topological polar surface area (TPSA) is 39.9 Å². The van der Waals surface area contributed by atoms with E-state index in [1.54, 1.807) is 6.33 Å². The Labute approximate surface area is 129 Å². The summed E-state index contributed by atoms with van der Waals surface area (Å²) < 4.78 is 8.70. The minimum absolute atomic E-state index is 0.274. The molecule has 0 unspecified atom stereocenters. The molecule has 0 atom stereocenters. The van der Waals surface area contributed by atoms with Crippen LogP contribution in [0.3, 0.4) is 0 Å². The monoisotopic (exact) mass is 387 g/mol. The first kappa shape index (κ1) is 14.5. The van der Waals surface area contributed by atoms with Crippen molar-refractivity contribution >= 4 is 31.9 Å². The molecule has 0 aliphatic heterocycles. The zero-order chi connectivity index (χ0) is 13.8. The maximum Gasteiger partial charge on any atom is 0.165 e. The first-order valence-electron chi connectivity index (χ1n) is 5.98. The molecule has 102 valence electrons. The molecule has 0 N–H and O–H groups in total. The number of ether oxygens (including phenoxy) is 1. The minimum atomic E-state index is 0.274. The first-order chi connectivity index (χ1) is 9.13. The Kier molecular flexibility index (Phi) is 4.99. The Morgan fingerprint density at radius 2 is 2.16 bits per heavy atom. The smallest absolute Gasteiger partial charge is 0.165 e. The third-order valence-electron chi connectivity index (χ3n) is 2.67. The second-order valence-electron chi connectivity index (χ2n) is 4.36. The van der Waals surface area contributed by atoms with Gasteiger partial charge in [0.2, 0.25) is 0 Å². The largest absolute Gasteiger partial charge is 0.484 e. The fraction of sp³-hybridized carbons (Fsp3) is 0.385. The molecule has 0 amide bonds. The van der Waals surface area contributed by atoms with Crippen LogP contribution in [0.2, 0.25) is 0 Å². The molecule has 0 saturated carbocycles. The van der Waals surface area contributed by atoms with Gasteiger partial charge in [-0.15, -0.1) is 0 Å². The SMILES string of the molecule is CC(C)n1ncnc1COc1c(Br)cccc1CBr. The van der Waals surface area contributed by atoms with Crippen LogP contribution in [0.25, 0.3) is 0 Å². The molecule has 0 bridgehead atoms. The lowest BCUT2D eigenvalue weighted by Crippen LogP contribution is -2.11. The van der Waals surface area contributed by atoms with Crippen LogP contribution in [0.4, 0.5) is 0 Å². The first-order valence-corrected chi connectivity index (χ1v) is 7.89. The second-order valence-corrected chi connectivity index (χ2v) is 5.78. The van der Waals surface area contributed by atoms with Crippen LogP contribution in [0.15, 0.2) is 29.0 Å². The average Bonchev–Trinajstić information content (AvgIpc) is 2.85. The highest BCUT2D eigenvalue weighted by Gasteiger charge is 2.11. The van der Waals surface area contributed by atoms with Gasteiger partial charge in [-0.1, -0.05) is 28.1 Å². The molecular weight excluding hydrogens is 374 g/mol. The van der Waals surface area contributed by atoms with Crippen molar-refractivity contribution in [3.63, 3.8) is 0 Å². The number of rotatable bonds is 5. The van der Waals surface area contributed by atoms with Gasteiger partial charge in [0.25, 0.3) is 0 Å².